The molecule has 0 bridgehead atoms. The van der Waals surface area contributed by atoms with E-state index in [2.05, 4.69) is 34.9 Å². The molecule has 2 N–H and O–H groups in total. The lowest BCUT2D eigenvalue weighted by molar-refractivity contribution is 0.865. The molecule has 1 heterocycles. The number of hydrogen-bond acceptors (Lipinski definition) is 3. The van der Waals surface area contributed by atoms with Crippen LogP contribution in [0.15, 0.2) is 29.4 Å². The molecule has 118 valence electrons. The summed E-state index contributed by atoms with van der Waals surface area (Å²) in [5, 5.41) is 16.7. The Morgan fingerprint density at radius 3 is 2.74 bits per heavy atom. The standard InChI is InChI=1S/C17H19N5S/c1-11-6-5-7-16(12(11)2)20-17(23)21-19-10-14-8-15(9-18)22(4)13(14)3/h5-8,10H,1-4H3,(H2,20,21,23)/b19-10-. The normalized spacial score (nSPS) is 10.6. The molecule has 0 amide bonds. The molecule has 0 aliphatic heterocycles. The Hall–Kier alpha value is -2.65. The van der Waals surface area contributed by atoms with Crippen LogP contribution in [0.3, 0.4) is 0 Å². The van der Waals surface area contributed by atoms with Crippen LogP contribution in [0.4, 0.5) is 5.69 Å². The summed E-state index contributed by atoms with van der Waals surface area (Å²) < 4.78 is 1.83. The van der Waals surface area contributed by atoms with E-state index in [1.165, 1.54) is 5.56 Å². The molecule has 0 unspecified atom stereocenters. The van der Waals surface area contributed by atoms with Crippen LogP contribution >= 0.6 is 12.2 Å². The number of hydrogen-bond donors (Lipinski definition) is 2. The second-order valence-corrected chi connectivity index (χ2v) is 5.72. The Labute approximate surface area is 141 Å². The minimum atomic E-state index is 0.420. The quantitative estimate of drug-likeness (QED) is 0.517. The van der Waals surface area contributed by atoms with Gasteiger partial charge in [0.1, 0.15) is 11.8 Å². The highest BCUT2D eigenvalue weighted by Gasteiger charge is 2.06. The van der Waals surface area contributed by atoms with E-state index >= 15 is 0 Å². The van der Waals surface area contributed by atoms with Crippen molar-refractivity contribution in [1.82, 2.24) is 9.99 Å². The number of nitrogens with zero attached hydrogens (tertiary/aromatic N) is 3. The van der Waals surface area contributed by atoms with Gasteiger partial charge in [-0.05, 0) is 56.2 Å². The Balaban J connectivity index is 2.02. The number of nitriles is 1. The molecule has 0 spiro atoms. The average molecular weight is 325 g/mol. The van der Waals surface area contributed by atoms with E-state index in [0.29, 0.717) is 10.8 Å². The summed E-state index contributed by atoms with van der Waals surface area (Å²) in [5.41, 5.74) is 8.56. The van der Waals surface area contributed by atoms with Crippen molar-refractivity contribution in [2.24, 2.45) is 12.1 Å². The zero-order valence-electron chi connectivity index (χ0n) is 13.6. The number of aryl methyl sites for hydroxylation is 1. The number of rotatable bonds is 3. The Kier molecular flexibility index (Phi) is 5.14. The third kappa shape index (κ3) is 3.76. The van der Waals surface area contributed by atoms with E-state index in [1.54, 1.807) is 12.3 Å². The fourth-order valence-corrected chi connectivity index (χ4v) is 2.32. The largest absolute Gasteiger partial charge is 0.339 e. The molecule has 0 radical (unpaired) electrons. The molecule has 2 aromatic rings. The molecule has 0 aliphatic carbocycles. The molecular weight excluding hydrogens is 306 g/mol. The molecule has 0 saturated heterocycles. The molecule has 6 heteroatoms. The first-order valence-corrected chi connectivity index (χ1v) is 7.57. The fraction of sp³-hybridized carbons (Fsp3) is 0.235. The zero-order chi connectivity index (χ0) is 17.0. The van der Waals surface area contributed by atoms with Gasteiger partial charge in [-0.3, -0.25) is 5.43 Å². The van der Waals surface area contributed by atoms with Crippen LogP contribution < -0.4 is 10.7 Å². The van der Waals surface area contributed by atoms with Gasteiger partial charge < -0.3 is 9.88 Å². The number of anilines is 1. The molecule has 0 aliphatic rings. The van der Waals surface area contributed by atoms with Gasteiger partial charge in [-0.25, -0.2) is 0 Å². The third-order valence-electron chi connectivity index (χ3n) is 3.91. The maximum absolute atomic E-state index is 9.02. The molecule has 0 atom stereocenters. The molecule has 2 rings (SSSR count). The van der Waals surface area contributed by atoms with Crippen LogP contribution in [-0.2, 0) is 7.05 Å². The predicted molar refractivity (Wildman–Crippen MR) is 97.7 cm³/mol. The van der Waals surface area contributed by atoms with Crippen LogP contribution in [0.25, 0.3) is 0 Å². The molecule has 0 saturated carbocycles. The first-order valence-electron chi connectivity index (χ1n) is 7.16. The lowest BCUT2D eigenvalue weighted by Crippen LogP contribution is -2.24. The van der Waals surface area contributed by atoms with E-state index in [4.69, 9.17) is 17.5 Å². The van der Waals surface area contributed by atoms with Gasteiger partial charge in [0.05, 0.1) is 6.21 Å². The maximum Gasteiger partial charge on any atom is 0.191 e. The van der Waals surface area contributed by atoms with Crippen LogP contribution in [0.2, 0.25) is 0 Å². The molecule has 5 nitrogen and oxygen atoms in total. The van der Waals surface area contributed by atoms with E-state index in [1.807, 2.05) is 37.6 Å². The summed E-state index contributed by atoms with van der Waals surface area (Å²) in [4.78, 5) is 0. The average Bonchev–Trinajstić information content (AvgIpc) is 2.80. The predicted octanol–water partition coefficient (Wildman–Crippen LogP) is 3.14. The van der Waals surface area contributed by atoms with Crippen molar-refractivity contribution in [2.75, 3.05) is 5.32 Å². The topological polar surface area (TPSA) is 65.1 Å². The second-order valence-electron chi connectivity index (χ2n) is 5.31. The van der Waals surface area contributed by atoms with Crippen molar-refractivity contribution in [3.63, 3.8) is 0 Å². The van der Waals surface area contributed by atoms with Crippen LogP contribution in [0.1, 0.15) is 28.1 Å². The summed E-state index contributed by atoms with van der Waals surface area (Å²) in [6.07, 6.45) is 1.66. The lowest BCUT2D eigenvalue weighted by Gasteiger charge is -2.11. The number of aromatic nitrogens is 1. The number of hydrazone groups is 1. The molecule has 1 aromatic carbocycles. The molecule has 0 fully saturated rings. The van der Waals surface area contributed by atoms with Crippen molar-refractivity contribution in [3.05, 3.63) is 52.3 Å². The molecule has 23 heavy (non-hydrogen) atoms. The van der Waals surface area contributed by atoms with Crippen LogP contribution in [0, 0.1) is 32.1 Å². The van der Waals surface area contributed by atoms with Crippen molar-refractivity contribution in [3.8, 4) is 6.07 Å². The first kappa shape index (κ1) is 16.7. The first-order chi connectivity index (χ1) is 10.9. The van der Waals surface area contributed by atoms with Gasteiger partial charge in [-0.2, -0.15) is 10.4 Å². The van der Waals surface area contributed by atoms with Gasteiger partial charge in [0.2, 0.25) is 0 Å². The summed E-state index contributed by atoms with van der Waals surface area (Å²) in [5.74, 6) is 0. The van der Waals surface area contributed by atoms with Crippen LogP contribution in [-0.4, -0.2) is 15.9 Å². The van der Waals surface area contributed by atoms with E-state index < -0.39 is 0 Å². The highest BCUT2D eigenvalue weighted by Crippen LogP contribution is 2.17. The van der Waals surface area contributed by atoms with Crippen LogP contribution in [0.5, 0.6) is 0 Å². The lowest BCUT2D eigenvalue weighted by atomic mass is 10.1. The zero-order valence-corrected chi connectivity index (χ0v) is 14.5. The minimum absolute atomic E-state index is 0.420. The Morgan fingerprint density at radius 1 is 1.35 bits per heavy atom. The number of benzene rings is 1. The van der Waals surface area contributed by atoms with E-state index in [0.717, 1.165) is 22.5 Å². The Morgan fingerprint density at radius 2 is 2.09 bits per heavy atom. The van der Waals surface area contributed by atoms with Gasteiger partial charge in [0.15, 0.2) is 5.11 Å². The van der Waals surface area contributed by atoms with Gasteiger partial charge >= 0.3 is 0 Å². The number of nitrogens with one attached hydrogen (secondary N) is 2. The maximum atomic E-state index is 9.02. The van der Waals surface area contributed by atoms with Gasteiger partial charge in [-0.15, -0.1) is 0 Å². The summed E-state index contributed by atoms with van der Waals surface area (Å²) in [6.45, 7) is 6.04. The molecule has 1 aromatic heterocycles. The third-order valence-corrected chi connectivity index (χ3v) is 4.10. The SMILES string of the molecule is Cc1cccc(NC(=S)N/N=C\c2cc(C#N)n(C)c2C)c1C. The minimum Gasteiger partial charge on any atom is -0.339 e. The summed E-state index contributed by atoms with van der Waals surface area (Å²) in [6, 6.07) is 9.94. The van der Waals surface area contributed by atoms with Crippen molar-refractivity contribution in [1.29, 1.82) is 5.26 Å². The van der Waals surface area contributed by atoms with E-state index in [9.17, 15) is 0 Å². The van der Waals surface area contributed by atoms with E-state index in [-0.39, 0.29) is 0 Å². The van der Waals surface area contributed by atoms with Crippen molar-refractivity contribution < 1.29 is 0 Å². The van der Waals surface area contributed by atoms with Gasteiger partial charge in [0, 0.05) is 24.0 Å². The van der Waals surface area contributed by atoms with Crippen molar-refractivity contribution >= 4 is 29.2 Å². The summed E-state index contributed by atoms with van der Waals surface area (Å²) >= 11 is 5.25. The summed E-state index contributed by atoms with van der Waals surface area (Å²) in [7, 11) is 1.85. The van der Waals surface area contributed by atoms with Crippen molar-refractivity contribution in [2.45, 2.75) is 20.8 Å². The van der Waals surface area contributed by atoms with Gasteiger partial charge in [-0.1, -0.05) is 12.1 Å². The molecular formula is C17H19N5S. The monoisotopic (exact) mass is 325 g/mol. The highest BCUT2D eigenvalue weighted by molar-refractivity contribution is 7.80. The Bertz CT molecular complexity index is 811. The highest BCUT2D eigenvalue weighted by atomic mass is 32.1. The van der Waals surface area contributed by atoms with Gasteiger partial charge in [0.25, 0.3) is 0 Å². The second kappa shape index (κ2) is 7.07. The number of thiocarbonyl (C=S) groups is 1. The fourth-order valence-electron chi connectivity index (χ4n) is 2.16. The smallest absolute Gasteiger partial charge is 0.191 e.